The summed E-state index contributed by atoms with van der Waals surface area (Å²) in [6.45, 7) is 7.15. The highest BCUT2D eigenvalue weighted by Gasteiger charge is 2.12. The Hall–Kier alpha value is -1.46. The van der Waals surface area contributed by atoms with Crippen LogP contribution >= 0.6 is 0 Å². The third-order valence-corrected chi connectivity index (χ3v) is 3.29. The predicted octanol–water partition coefficient (Wildman–Crippen LogP) is 1.76. The van der Waals surface area contributed by atoms with Gasteiger partial charge >= 0.3 is 0 Å². The van der Waals surface area contributed by atoms with E-state index in [1.807, 2.05) is 13.1 Å². The Kier molecular flexibility index (Phi) is 4.50. The highest BCUT2D eigenvalue weighted by atomic mass is 16.3. The van der Waals surface area contributed by atoms with Crippen molar-refractivity contribution < 1.29 is 5.11 Å². The van der Waals surface area contributed by atoms with Crippen LogP contribution in [0, 0.1) is 12.8 Å². The van der Waals surface area contributed by atoms with Gasteiger partial charge in [-0.1, -0.05) is 13.8 Å². The smallest absolute Gasteiger partial charge is 0.116 e. The molecule has 0 aliphatic heterocycles. The van der Waals surface area contributed by atoms with Crippen molar-refractivity contribution in [1.82, 2.24) is 20.3 Å². The summed E-state index contributed by atoms with van der Waals surface area (Å²) in [4.78, 5) is 11.7. The molecule has 5 heteroatoms. The number of H-pyrrole nitrogens is 1. The third-order valence-electron chi connectivity index (χ3n) is 3.29. The lowest BCUT2D eigenvalue weighted by atomic mass is 10.0. The van der Waals surface area contributed by atoms with E-state index in [2.05, 4.69) is 34.1 Å². The van der Waals surface area contributed by atoms with Gasteiger partial charge in [0.2, 0.25) is 0 Å². The zero-order valence-corrected chi connectivity index (χ0v) is 11.8. The molecule has 0 aromatic carbocycles. The van der Waals surface area contributed by atoms with Crippen LogP contribution in [-0.4, -0.2) is 32.7 Å². The first kappa shape index (κ1) is 14.0. The second-order valence-electron chi connectivity index (χ2n) is 5.39. The average molecular weight is 262 g/mol. The summed E-state index contributed by atoms with van der Waals surface area (Å²) >= 11 is 0. The highest BCUT2D eigenvalue weighted by molar-refractivity contribution is 5.80. The Morgan fingerprint density at radius 2 is 2.16 bits per heavy atom. The molecule has 0 saturated heterocycles. The lowest BCUT2D eigenvalue weighted by Gasteiger charge is -2.17. The monoisotopic (exact) mass is 262 g/mol. The van der Waals surface area contributed by atoms with Gasteiger partial charge in [-0.15, -0.1) is 0 Å². The second-order valence-corrected chi connectivity index (χ2v) is 5.39. The highest BCUT2D eigenvalue weighted by Crippen LogP contribution is 2.17. The Bertz CT molecular complexity index is 535. The molecule has 2 aromatic heterocycles. The fourth-order valence-electron chi connectivity index (χ4n) is 2.30. The van der Waals surface area contributed by atoms with Gasteiger partial charge in [0.05, 0.1) is 23.3 Å². The minimum atomic E-state index is 0.132. The number of rotatable bonds is 6. The van der Waals surface area contributed by atoms with Gasteiger partial charge in [-0.2, -0.15) is 0 Å². The van der Waals surface area contributed by atoms with Crippen molar-refractivity contribution >= 4 is 11.0 Å². The average Bonchev–Trinajstić information content (AvgIpc) is 2.79. The predicted molar refractivity (Wildman–Crippen MR) is 75.8 cm³/mol. The second kappa shape index (κ2) is 6.12. The largest absolute Gasteiger partial charge is 0.395 e. The Balaban J connectivity index is 2.07. The van der Waals surface area contributed by atoms with Crippen LogP contribution in [0.3, 0.4) is 0 Å². The van der Waals surface area contributed by atoms with Crippen LogP contribution in [0.4, 0.5) is 0 Å². The van der Waals surface area contributed by atoms with E-state index in [9.17, 15) is 5.11 Å². The van der Waals surface area contributed by atoms with E-state index in [4.69, 9.17) is 0 Å². The van der Waals surface area contributed by atoms with Crippen LogP contribution in [0.15, 0.2) is 12.5 Å². The summed E-state index contributed by atoms with van der Waals surface area (Å²) < 4.78 is 0. The first-order chi connectivity index (χ1) is 9.11. The number of hydrogen-bond acceptors (Lipinski definition) is 4. The maximum absolute atomic E-state index is 9.36. The van der Waals surface area contributed by atoms with Crippen LogP contribution in [0.2, 0.25) is 0 Å². The Labute approximate surface area is 113 Å². The fraction of sp³-hybridized carbons (Fsp3) is 0.571. The van der Waals surface area contributed by atoms with Crippen molar-refractivity contribution in [2.45, 2.75) is 39.8 Å². The van der Waals surface area contributed by atoms with Crippen molar-refractivity contribution in [2.75, 3.05) is 6.61 Å². The molecule has 1 unspecified atom stereocenters. The summed E-state index contributed by atoms with van der Waals surface area (Å²) in [5, 5.41) is 12.7. The van der Waals surface area contributed by atoms with Gasteiger partial charge in [-0.3, -0.25) is 0 Å². The molecular weight excluding hydrogens is 240 g/mol. The van der Waals surface area contributed by atoms with E-state index < -0.39 is 0 Å². The van der Waals surface area contributed by atoms with Gasteiger partial charge in [0.15, 0.2) is 0 Å². The maximum atomic E-state index is 9.36. The van der Waals surface area contributed by atoms with Gasteiger partial charge < -0.3 is 15.4 Å². The van der Waals surface area contributed by atoms with Crippen LogP contribution in [-0.2, 0) is 6.54 Å². The molecule has 0 fully saturated rings. The number of aryl methyl sites for hydroxylation is 1. The minimum Gasteiger partial charge on any atom is -0.395 e. The molecule has 104 valence electrons. The van der Waals surface area contributed by atoms with Crippen LogP contribution in [0.1, 0.15) is 31.5 Å². The van der Waals surface area contributed by atoms with Gasteiger partial charge in [0.25, 0.3) is 0 Å². The fourth-order valence-corrected chi connectivity index (χ4v) is 2.30. The zero-order chi connectivity index (χ0) is 13.8. The molecule has 2 rings (SSSR count). The molecule has 2 aromatic rings. The lowest BCUT2D eigenvalue weighted by molar-refractivity contribution is 0.223. The number of aromatic amines is 1. The molecule has 0 aliphatic carbocycles. The topological polar surface area (TPSA) is 73.8 Å². The molecular formula is C14H22N4O. The van der Waals surface area contributed by atoms with Crippen molar-refractivity contribution in [1.29, 1.82) is 0 Å². The zero-order valence-electron chi connectivity index (χ0n) is 11.8. The van der Waals surface area contributed by atoms with Crippen molar-refractivity contribution in [2.24, 2.45) is 5.92 Å². The van der Waals surface area contributed by atoms with Crippen LogP contribution in [0.25, 0.3) is 11.0 Å². The van der Waals surface area contributed by atoms with Gasteiger partial charge in [0.1, 0.15) is 6.33 Å². The van der Waals surface area contributed by atoms with E-state index >= 15 is 0 Å². The van der Waals surface area contributed by atoms with Gasteiger partial charge in [0, 0.05) is 24.3 Å². The first-order valence-electron chi connectivity index (χ1n) is 6.73. The summed E-state index contributed by atoms with van der Waals surface area (Å²) in [6, 6.07) is 0.132. The first-order valence-corrected chi connectivity index (χ1v) is 6.73. The summed E-state index contributed by atoms with van der Waals surface area (Å²) in [5.41, 5.74) is 4.02. The molecule has 0 radical (unpaired) electrons. The number of aromatic nitrogens is 3. The van der Waals surface area contributed by atoms with Gasteiger partial charge in [-0.25, -0.2) is 9.97 Å². The van der Waals surface area contributed by atoms with E-state index in [0.717, 1.165) is 28.7 Å². The van der Waals surface area contributed by atoms with E-state index in [1.165, 1.54) is 0 Å². The molecule has 3 N–H and O–H groups in total. The number of nitrogens with one attached hydrogen (secondary N) is 2. The summed E-state index contributed by atoms with van der Waals surface area (Å²) in [7, 11) is 0. The quantitative estimate of drug-likeness (QED) is 0.741. The maximum Gasteiger partial charge on any atom is 0.116 e. The molecule has 5 nitrogen and oxygen atoms in total. The lowest BCUT2D eigenvalue weighted by Crippen LogP contribution is -2.33. The SMILES string of the molecule is Cc1ncnc2c(CNC(CO)CC(C)C)c[nH]c12. The summed E-state index contributed by atoms with van der Waals surface area (Å²) in [5.74, 6) is 0.567. The van der Waals surface area contributed by atoms with Crippen LogP contribution in [0.5, 0.6) is 0 Å². The van der Waals surface area contributed by atoms with E-state index in [0.29, 0.717) is 12.5 Å². The minimum absolute atomic E-state index is 0.132. The van der Waals surface area contributed by atoms with Crippen LogP contribution < -0.4 is 5.32 Å². The standard InChI is InChI=1S/C14H22N4O/c1-9(2)4-12(7-19)15-5-11-6-16-13-10(3)17-8-18-14(11)13/h6,8-9,12,15-16,19H,4-5,7H2,1-3H3. The molecule has 19 heavy (non-hydrogen) atoms. The summed E-state index contributed by atoms with van der Waals surface area (Å²) in [6.07, 6.45) is 4.52. The Morgan fingerprint density at radius 1 is 1.37 bits per heavy atom. The Morgan fingerprint density at radius 3 is 2.84 bits per heavy atom. The molecule has 2 heterocycles. The van der Waals surface area contributed by atoms with Crippen molar-refractivity contribution in [3.05, 3.63) is 23.8 Å². The molecule has 0 amide bonds. The molecule has 0 saturated carbocycles. The number of hydrogen-bond donors (Lipinski definition) is 3. The molecule has 0 spiro atoms. The molecule has 0 aliphatic rings. The molecule has 1 atom stereocenters. The van der Waals surface area contributed by atoms with Crippen molar-refractivity contribution in [3.63, 3.8) is 0 Å². The number of aliphatic hydroxyl groups excluding tert-OH is 1. The number of aliphatic hydroxyl groups is 1. The van der Waals surface area contributed by atoms with Crippen molar-refractivity contribution in [3.8, 4) is 0 Å². The normalized spacial score (nSPS) is 13.3. The third kappa shape index (κ3) is 3.30. The van der Waals surface area contributed by atoms with Gasteiger partial charge in [-0.05, 0) is 19.3 Å². The number of nitrogens with zero attached hydrogens (tertiary/aromatic N) is 2. The van der Waals surface area contributed by atoms with E-state index in [1.54, 1.807) is 6.33 Å². The van der Waals surface area contributed by atoms with E-state index in [-0.39, 0.29) is 12.6 Å². The molecule has 0 bridgehead atoms. The number of fused-ring (bicyclic) bond motifs is 1.